The van der Waals surface area contributed by atoms with Crippen LogP contribution in [0.1, 0.15) is 32.6 Å². The first-order valence-corrected chi connectivity index (χ1v) is 6.00. The van der Waals surface area contributed by atoms with E-state index in [-0.39, 0.29) is 5.91 Å². The van der Waals surface area contributed by atoms with Gasteiger partial charge in [-0.2, -0.15) is 0 Å². The molecule has 94 valence electrons. The molecule has 4 nitrogen and oxygen atoms in total. The van der Waals surface area contributed by atoms with E-state index in [1.165, 1.54) is 0 Å². The number of unbranched alkanes of at least 4 members (excludes halogenated alkanes) is 1. The Balaban J connectivity index is 3.21. The van der Waals surface area contributed by atoms with Crippen molar-refractivity contribution in [2.24, 2.45) is 5.73 Å². The van der Waals surface area contributed by atoms with Crippen LogP contribution in [0.4, 0.5) is 0 Å². The van der Waals surface area contributed by atoms with Crippen LogP contribution in [-0.4, -0.2) is 32.2 Å². The van der Waals surface area contributed by atoms with Crippen LogP contribution in [0, 0.1) is 0 Å². The number of hydrogen-bond donors (Lipinski definition) is 2. The third-order valence-corrected chi connectivity index (χ3v) is 2.01. The van der Waals surface area contributed by atoms with Gasteiger partial charge < -0.3 is 15.8 Å². The minimum Gasteiger partial charge on any atom is -0.378 e. The van der Waals surface area contributed by atoms with Crippen molar-refractivity contribution in [3.8, 4) is 0 Å². The molecule has 0 unspecified atom stereocenters. The zero-order valence-corrected chi connectivity index (χ0v) is 10.2. The van der Waals surface area contributed by atoms with Gasteiger partial charge in [-0.05, 0) is 19.3 Å². The lowest BCUT2D eigenvalue weighted by Crippen LogP contribution is -2.27. The largest absolute Gasteiger partial charge is 0.378 e. The molecule has 0 aliphatic rings. The van der Waals surface area contributed by atoms with Crippen molar-refractivity contribution in [1.82, 2.24) is 5.32 Å². The van der Waals surface area contributed by atoms with Crippen LogP contribution in [0.15, 0.2) is 12.2 Å². The minimum absolute atomic E-state index is 0.0984. The number of nitrogens with two attached hydrogens (primary N) is 1. The third-order valence-electron chi connectivity index (χ3n) is 2.01. The molecule has 0 aliphatic carbocycles. The highest BCUT2D eigenvalue weighted by Crippen LogP contribution is 1.97. The minimum atomic E-state index is 0.0984. The van der Waals surface area contributed by atoms with E-state index in [4.69, 9.17) is 10.5 Å². The van der Waals surface area contributed by atoms with Gasteiger partial charge >= 0.3 is 0 Å². The molecule has 0 rings (SSSR count). The summed E-state index contributed by atoms with van der Waals surface area (Å²) in [7, 11) is 0. The van der Waals surface area contributed by atoms with Crippen LogP contribution in [0.3, 0.4) is 0 Å². The molecule has 0 aromatic rings. The van der Waals surface area contributed by atoms with Crippen LogP contribution in [0.2, 0.25) is 0 Å². The van der Waals surface area contributed by atoms with Gasteiger partial charge in [0.25, 0.3) is 0 Å². The summed E-state index contributed by atoms with van der Waals surface area (Å²) in [6, 6.07) is 0. The normalized spacial score (nSPS) is 10.9. The molecule has 0 saturated carbocycles. The van der Waals surface area contributed by atoms with Crippen molar-refractivity contribution in [2.75, 3.05) is 26.3 Å². The molecule has 1 amide bonds. The van der Waals surface area contributed by atoms with Gasteiger partial charge in [0.15, 0.2) is 0 Å². The number of carbonyl (C=O) groups is 1. The van der Waals surface area contributed by atoms with Crippen LogP contribution >= 0.6 is 0 Å². The second-order valence-electron chi connectivity index (χ2n) is 3.52. The predicted molar refractivity (Wildman–Crippen MR) is 66.2 cm³/mol. The Morgan fingerprint density at radius 1 is 1.38 bits per heavy atom. The van der Waals surface area contributed by atoms with E-state index >= 15 is 0 Å². The van der Waals surface area contributed by atoms with Gasteiger partial charge in [-0.3, -0.25) is 4.79 Å². The smallest absolute Gasteiger partial charge is 0.220 e. The highest BCUT2D eigenvalue weighted by atomic mass is 16.5. The van der Waals surface area contributed by atoms with Gasteiger partial charge in [-0.15, -0.1) is 0 Å². The number of allylic oxidation sites excluding steroid dienone is 2. The molecule has 0 aromatic carbocycles. The molecule has 0 fully saturated rings. The number of rotatable bonds is 10. The molecule has 0 heterocycles. The summed E-state index contributed by atoms with van der Waals surface area (Å²) in [6.45, 7) is 4.29. The molecule has 0 radical (unpaired) electrons. The summed E-state index contributed by atoms with van der Waals surface area (Å²) in [5.41, 5.74) is 5.26. The van der Waals surface area contributed by atoms with Crippen molar-refractivity contribution >= 4 is 5.91 Å². The molecule has 16 heavy (non-hydrogen) atoms. The van der Waals surface area contributed by atoms with E-state index < -0.39 is 0 Å². The van der Waals surface area contributed by atoms with Gasteiger partial charge in [-0.1, -0.05) is 19.1 Å². The van der Waals surface area contributed by atoms with E-state index in [2.05, 4.69) is 24.4 Å². The first-order valence-electron chi connectivity index (χ1n) is 6.00. The number of nitrogens with one attached hydrogen (secondary N) is 1. The Kier molecular flexibility index (Phi) is 11.5. The van der Waals surface area contributed by atoms with Crippen molar-refractivity contribution in [2.45, 2.75) is 32.6 Å². The maximum Gasteiger partial charge on any atom is 0.220 e. The first kappa shape index (κ1) is 15.1. The maximum absolute atomic E-state index is 11.3. The lowest BCUT2D eigenvalue weighted by molar-refractivity contribution is -0.121. The van der Waals surface area contributed by atoms with E-state index in [9.17, 15) is 4.79 Å². The summed E-state index contributed by atoms with van der Waals surface area (Å²) in [5.74, 6) is 0.0984. The molecule has 0 spiro atoms. The van der Waals surface area contributed by atoms with E-state index in [0.29, 0.717) is 32.7 Å². The van der Waals surface area contributed by atoms with Crippen molar-refractivity contribution < 1.29 is 9.53 Å². The number of ether oxygens (including phenoxy) is 1. The van der Waals surface area contributed by atoms with Crippen molar-refractivity contribution in [3.63, 3.8) is 0 Å². The topological polar surface area (TPSA) is 64.3 Å². The van der Waals surface area contributed by atoms with Gasteiger partial charge in [-0.25, -0.2) is 0 Å². The fourth-order valence-electron chi connectivity index (χ4n) is 1.20. The SMILES string of the molecule is CC/C=C\CCCC(=O)NCCOCCN. The fourth-order valence-corrected chi connectivity index (χ4v) is 1.20. The molecule has 4 heteroatoms. The predicted octanol–water partition coefficient (Wildman–Crippen LogP) is 1.21. The molecular weight excluding hydrogens is 204 g/mol. The molecule has 0 aliphatic heterocycles. The summed E-state index contributed by atoms with van der Waals surface area (Å²) in [6.07, 6.45) is 7.78. The van der Waals surface area contributed by atoms with E-state index in [0.717, 1.165) is 19.3 Å². The van der Waals surface area contributed by atoms with Gasteiger partial charge in [0.05, 0.1) is 13.2 Å². The Morgan fingerprint density at radius 3 is 2.88 bits per heavy atom. The first-order chi connectivity index (χ1) is 7.81. The van der Waals surface area contributed by atoms with Crippen LogP contribution in [0.25, 0.3) is 0 Å². The highest BCUT2D eigenvalue weighted by Gasteiger charge is 1.98. The zero-order chi connectivity index (χ0) is 12.1. The molecule has 0 aromatic heterocycles. The average molecular weight is 228 g/mol. The number of amides is 1. The van der Waals surface area contributed by atoms with E-state index in [1.807, 2.05) is 0 Å². The molecule has 3 N–H and O–H groups in total. The zero-order valence-electron chi connectivity index (χ0n) is 10.2. The summed E-state index contributed by atoms with van der Waals surface area (Å²) >= 11 is 0. The molecule has 0 bridgehead atoms. The maximum atomic E-state index is 11.3. The Morgan fingerprint density at radius 2 is 2.19 bits per heavy atom. The van der Waals surface area contributed by atoms with E-state index in [1.54, 1.807) is 0 Å². The van der Waals surface area contributed by atoms with Gasteiger partial charge in [0, 0.05) is 19.5 Å². The summed E-state index contributed by atoms with van der Waals surface area (Å²) in [4.78, 5) is 11.3. The molecular formula is C12H24N2O2. The Hall–Kier alpha value is -0.870. The molecule has 0 saturated heterocycles. The van der Waals surface area contributed by atoms with Crippen LogP contribution < -0.4 is 11.1 Å². The Bertz CT molecular complexity index is 193. The second kappa shape index (κ2) is 12.2. The quantitative estimate of drug-likeness (QED) is 0.436. The monoisotopic (exact) mass is 228 g/mol. The summed E-state index contributed by atoms with van der Waals surface area (Å²) < 4.78 is 5.14. The third kappa shape index (κ3) is 11.2. The standard InChI is InChI=1S/C12H24N2O2/c1-2-3-4-5-6-7-12(15)14-9-11-16-10-8-13/h3-4H,2,5-11,13H2,1H3,(H,14,15)/b4-3-. The van der Waals surface area contributed by atoms with Gasteiger partial charge in [0.1, 0.15) is 0 Å². The lowest BCUT2D eigenvalue weighted by atomic mass is 10.2. The second-order valence-corrected chi connectivity index (χ2v) is 3.52. The summed E-state index contributed by atoms with van der Waals surface area (Å²) in [5, 5.41) is 2.80. The molecule has 0 atom stereocenters. The average Bonchev–Trinajstić information content (AvgIpc) is 2.28. The number of hydrogen-bond acceptors (Lipinski definition) is 3. The Labute approximate surface area is 98.2 Å². The van der Waals surface area contributed by atoms with Crippen molar-refractivity contribution in [1.29, 1.82) is 0 Å². The highest BCUT2D eigenvalue weighted by molar-refractivity contribution is 5.75. The van der Waals surface area contributed by atoms with Crippen LogP contribution in [-0.2, 0) is 9.53 Å². The lowest BCUT2D eigenvalue weighted by Gasteiger charge is -2.04. The fraction of sp³-hybridized carbons (Fsp3) is 0.750. The van der Waals surface area contributed by atoms with Crippen molar-refractivity contribution in [3.05, 3.63) is 12.2 Å². The van der Waals surface area contributed by atoms with Gasteiger partial charge in [0.2, 0.25) is 5.91 Å². The number of carbonyl (C=O) groups excluding carboxylic acids is 1. The van der Waals surface area contributed by atoms with Crippen LogP contribution in [0.5, 0.6) is 0 Å².